The molecule has 2 nitrogen and oxygen atoms in total. The maximum atomic E-state index is 6.41. The first-order chi connectivity index (χ1) is 11.8. The van der Waals surface area contributed by atoms with E-state index in [-0.39, 0.29) is 0 Å². The molecule has 1 heterocycles. The van der Waals surface area contributed by atoms with Crippen molar-refractivity contribution in [3.63, 3.8) is 0 Å². The van der Waals surface area contributed by atoms with Crippen LogP contribution in [0.15, 0.2) is 78.9 Å². The maximum absolute atomic E-state index is 6.41. The van der Waals surface area contributed by atoms with Gasteiger partial charge in [0, 0.05) is 16.5 Å². The van der Waals surface area contributed by atoms with Crippen LogP contribution in [0.2, 0.25) is 0 Å². The monoisotopic (exact) mass is 310 g/mol. The number of nitrogen functional groups attached to an aromatic ring is 1. The van der Waals surface area contributed by atoms with Crippen LogP contribution in [0, 0.1) is 6.92 Å². The van der Waals surface area contributed by atoms with E-state index in [4.69, 9.17) is 10.7 Å². The number of para-hydroxylation sites is 1. The van der Waals surface area contributed by atoms with Gasteiger partial charge in [0.05, 0.1) is 5.52 Å². The molecule has 0 bridgehead atoms. The number of anilines is 1. The Labute approximate surface area is 141 Å². The third-order valence-electron chi connectivity index (χ3n) is 4.37. The van der Waals surface area contributed by atoms with Gasteiger partial charge in [-0.25, -0.2) is 4.98 Å². The quantitative estimate of drug-likeness (QED) is 0.534. The molecule has 4 aromatic rings. The average Bonchev–Trinajstić information content (AvgIpc) is 2.63. The lowest BCUT2D eigenvalue weighted by molar-refractivity contribution is 1.37. The summed E-state index contributed by atoms with van der Waals surface area (Å²) in [5.41, 5.74) is 12.9. The van der Waals surface area contributed by atoms with E-state index in [0.29, 0.717) is 5.82 Å². The number of rotatable bonds is 2. The smallest absolute Gasteiger partial charge is 0.132 e. The van der Waals surface area contributed by atoms with Crippen LogP contribution in [-0.4, -0.2) is 4.98 Å². The molecule has 24 heavy (non-hydrogen) atoms. The summed E-state index contributed by atoms with van der Waals surface area (Å²) >= 11 is 0. The molecule has 0 saturated carbocycles. The lowest BCUT2D eigenvalue weighted by Gasteiger charge is -2.17. The van der Waals surface area contributed by atoms with Gasteiger partial charge in [-0.1, -0.05) is 78.9 Å². The van der Waals surface area contributed by atoms with E-state index < -0.39 is 0 Å². The summed E-state index contributed by atoms with van der Waals surface area (Å²) in [5.74, 6) is 0.571. The second-order valence-corrected chi connectivity index (χ2v) is 5.95. The zero-order chi connectivity index (χ0) is 16.5. The Hall–Kier alpha value is -3.13. The van der Waals surface area contributed by atoms with Crippen molar-refractivity contribution in [3.05, 3.63) is 84.4 Å². The predicted octanol–water partition coefficient (Wildman–Crippen LogP) is 5.46. The van der Waals surface area contributed by atoms with Crippen molar-refractivity contribution in [1.82, 2.24) is 4.98 Å². The average molecular weight is 310 g/mol. The summed E-state index contributed by atoms with van der Waals surface area (Å²) in [6.45, 7) is 2.08. The molecule has 1 aromatic heterocycles. The van der Waals surface area contributed by atoms with Crippen LogP contribution in [0.4, 0.5) is 5.82 Å². The number of nitrogens with two attached hydrogens (primary N) is 1. The third kappa shape index (κ3) is 2.33. The van der Waals surface area contributed by atoms with Gasteiger partial charge in [0.25, 0.3) is 0 Å². The second kappa shape index (κ2) is 5.82. The molecule has 0 aliphatic heterocycles. The van der Waals surface area contributed by atoms with Crippen molar-refractivity contribution in [2.45, 2.75) is 6.92 Å². The molecule has 0 spiro atoms. The standard InChI is InChI=1S/C22H18N2/c1-15-9-8-14-18-19(16-10-4-2-5-11-16)20(22(23)24-21(15)18)17-12-6-3-7-13-17/h2-14H,1H3,(H2,23,24). The van der Waals surface area contributed by atoms with Gasteiger partial charge in [0.1, 0.15) is 5.82 Å². The van der Waals surface area contributed by atoms with Gasteiger partial charge in [0.2, 0.25) is 0 Å². The highest BCUT2D eigenvalue weighted by molar-refractivity contribution is 6.06. The van der Waals surface area contributed by atoms with Crippen LogP contribution < -0.4 is 5.73 Å². The highest BCUT2D eigenvalue weighted by Gasteiger charge is 2.17. The molecule has 0 aliphatic carbocycles. The molecule has 2 heteroatoms. The molecule has 3 aromatic carbocycles. The largest absolute Gasteiger partial charge is 0.383 e. The fourth-order valence-electron chi connectivity index (χ4n) is 3.25. The molecule has 4 rings (SSSR count). The summed E-state index contributed by atoms with van der Waals surface area (Å²) in [5, 5.41) is 1.13. The molecule has 2 N–H and O–H groups in total. The zero-order valence-corrected chi connectivity index (χ0v) is 13.5. The minimum absolute atomic E-state index is 0.571. The van der Waals surface area contributed by atoms with E-state index in [9.17, 15) is 0 Å². The summed E-state index contributed by atoms with van der Waals surface area (Å²) in [4.78, 5) is 4.72. The van der Waals surface area contributed by atoms with Crippen LogP contribution in [-0.2, 0) is 0 Å². The summed E-state index contributed by atoms with van der Waals surface area (Å²) in [7, 11) is 0. The Balaban J connectivity index is 2.18. The first-order valence-corrected chi connectivity index (χ1v) is 8.05. The van der Waals surface area contributed by atoms with Gasteiger partial charge in [0.15, 0.2) is 0 Å². The number of benzene rings is 3. The molecule has 0 aliphatic rings. The van der Waals surface area contributed by atoms with E-state index in [1.807, 2.05) is 24.3 Å². The Bertz CT molecular complexity index is 1010. The van der Waals surface area contributed by atoms with Gasteiger partial charge in [-0.05, 0) is 23.6 Å². The van der Waals surface area contributed by atoms with E-state index in [2.05, 4.69) is 61.5 Å². The topological polar surface area (TPSA) is 38.9 Å². The molecule has 0 saturated heterocycles. The summed E-state index contributed by atoms with van der Waals surface area (Å²) < 4.78 is 0. The van der Waals surface area contributed by atoms with Crippen LogP contribution >= 0.6 is 0 Å². The number of nitrogens with zero attached hydrogens (tertiary/aromatic N) is 1. The van der Waals surface area contributed by atoms with Crippen molar-refractivity contribution in [1.29, 1.82) is 0 Å². The Kier molecular flexibility index (Phi) is 3.51. The van der Waals surface area contributed by atoms with Crippen LogP contribution in [0.1, 0.15) is 5.56 Å². The van der Waals surface area contributed by atoms with Crippen LogP contribution in [0.3, 0.4) is 0 Å². The number of hydrogen-bond acceptors (Lipinski definition) is 2. The minimum atomic E-state index is 0.571. The van der Waals surface area contributed by atoms with Crippen LogP contribution in [0.25, 0.3) is 33.2 Å². The van der Waals surface area contributed by atoms with E-state index in [1.165, 1.54) is 0 Å². The van der Waals surface area contributed by atoms with Gasteiger partial charge in [-0.15, -0.1) is 0 Å². The highest BCUT2D eigenvalue weighted by Crippen LogP contribution is 2.41. The third-order valence-corrected chi connectivity index (χ3v) is 4.37. The van der Waals surface area contributed by atoms with E-state index >= 15 is 0 Å². The predicted molar refractivity (Wildman–Crippen MR) is 102 cm³/mol. The normalized spacial score (nSPS) is 10.9. The molecule has 0 fully saturated rings. The SMILES string of the molecule is Cc1cccc2c(-c3ccccc3)c(-c3ccccc3)c(N)nc12. The molecule has 0 amide bonds. The summed E-state index contributed by atoms with van der Waals surface area (Å²) in [6.07, 6.45) is 0. The second-order valence-electron chi connectivity index (χ2n) is 5.95. The number of fused-ring (bicyclic) bond motifs is 1. The molecule has 0 radical (unpaired) electrons. The first kappa shape index (κ1) is 14.5. The molecular formula is C22H18N2. The number of pyridine rings is 1. The zero-order valence-electron chi connectivity index (χ0n) is 13.5. The molecule has 0 atom stereocenters. The van der Waals surface area contributed by atoms with Gasteiger partial charge < -0.3 is 5.73 Å². The van der Waals surface area contributed by atoms with E-state index in [1.54, 1.807) is 0 Å². The van der Waals surface area contributed by atoms with Gasteiger partial charge >= 0.3 is 0 Å². The Morgan fingerprint density at radius 1 is 0.667 bits per heavy atom. The fourth-order valence-corrected chi connectivity index (χ4v) is 3.25. The molecule has 116 valence electrons. The Morgan fingerprint density at radius 3 is 1.88 bits per heavy atom. The lowest BCUT2D eigenvalue weighted by atomic mass is 9.91. The van der Waals surface area contributed by atoms with Gasteiger partial charge in [-0.2, -0.15) is 0 Å². The minimum Gasteiger partial charge on any atom is -0.383 e. The highest BCUT2D eigenvalue weighted by atomic mass is 14.8. The molecular weight excluding hydrogens is 292 g/mol. The maximum Gasteiger partial charge on any atom is 0.132 e. The summed E-state index contributed by atoms with van der Waals surface area (Å²) in [6, 6.07) is 26.9. The van der Waals surface area contributed by atoms with Crippen molar-refractivity contribution >= 4 is 16.7 Å². The Morgan fingerprint density at radius 2 is 1.25 bits per heavy atom. The van der Waals surface area contributed by atoms with Crippen molar-refractivity contribution in [3.8, 4) is 22.3 Å². The van der Waals surface area contributed by atoms with Crippen LogP contribution in [0.5, 0.6) is 0 Å². The number of aryl methyl sites for hydroxylation is 1. The number of hydrogen-bond donors (Lipinski definition) is 1. The molecule has 0 unspecified atom stereocenters. The number of aromatic nitrogens is 1. The first-order valence-electron chi connectivity index (χ1n) is 8.05. The van der Waals surface area contributed by atoms with Crippen molar-refractivity contribution in [2.75, 3.05) is 5.73 Å². The van der Waals surface area contributed by atoms with Crippen molar-refractivity contribution < 1.29 is 0 Å². The van der Waals surface area contributed by atoms with E-state index in [0.717, 1.165) is 38.7 Å². The fraction of sp³-hybridized carbons (Fsp3) is 0.0455. The van der Waals surface area contributed by atoms with Crippen molar-refractivity contribution in [2.24, 2.45) is 0 Å². The van der Waals surface area contributed by atoms with Gasteiger partial charge in [-0.3, -0.25) is 0 Å². The lowest BCUT2D eigenvalue weighted by Crippen LogP contribution is -2.00.